The van der Waals surface area contributed by atoms with Crippen LogP contribution in [-0.4, -0.2) is 22.2 Å². The summed E-state index contributed by atoms with van der Waals surface area (Å²) in [5, 5.41) is 0.458. The number of hydrogen-bond acceptors (Lipinski definition) is 4. The molecule has 0 bridgehead atoms. The van der Waals surface area contributed by atoms with Gasteiger partial charge in [0.05, 0.1) is 17.9 Å². The molecule has 5 heteroatoms. The fourth-order valence-electron chi connectivity index (χ4n) is 3.09. The van der Waals surface area contributed by atoms with Crippen molar-refractivity contribution in [3.63, 3.8) is 0 Å². The summed E-state index contributed by atoms with van der Waals surface area (Å²) in [5.41, 5.74) is 3.47. The highest BCUT2D eigenvalue weighted by Gasteiger charge is 2.11. The Morgan fingerprint density at radius 1 is 0.677 bits per heavy atom. The van der Waals surface area contributed by atoms with Crippen molar-refractivity contribution in [2.24, 2.45) is 0 Å². The lowest BCUT2D eigenvalue weighted by atomic mass is 10.1. The Kier molecular flexibility index (Phi) is 13.2. The highest BCUT2D eigenvalue weighted by Crippen LogP contribution is 2.25. The van der Waals surface area contributed by atoms with E-state index in [1.54, 1.807) is 6.20 Å². The highest BCUT2D eigenvalue weighted by atomic mass is 35.5. The number of aromatic nitrogens is 2. The zero-order valence-corrected chi connectivity index (χ0v) is 21.3. The van der Waals surface area contributed by atoms with Gasteiger partial charge in [-0.05, 0) is 68.2 Å². The number of hydrogen-bond donors (Lipinski definition) is 0. The van der Waals surface area contributed by atoms with E-state index < -0.39 is 0 Å². The van der Waals surface area contributed by atoms with Crippen molar-refractivity contribution in [3.05, 3.63) is 46.5 Å². The zero-order chi connectivity index (χ0) is 23.2. The molecular formula is C26H41ClN2O2. The number of rotatable bonds is 11. The first-order chi connectivity index (χ1) is 15.0. The Balaban J connectivity index is 0.000000311. The van der Waals surface area contributed by atoms with Crippen molar-refractivity contribution in [2.75, 3.05) is 0 Å². The summed E-state index contributed by atoms with van der Waals surface area (Å²) in [6.07, 6.45) is 11.3. The Bertz CT molecular complexity index is 759. The van der Waals surface area contributed by atoms with Crippen LogP contribution in [0, 0.1) is 0 Å². The Hall–Kier alpha value is -1.81. The third kappa shape index (κ3) is 9.06. The van der Waals surface area contributed by atoms with Crippen LogP contribution in [0.5, 0.6) is 11.5 Å². The maximum atomic E-state index is 6.01. The molecule has 0 radical (unpaired) electrons. The average molecular weight is 449 g/mol. The molecule has 4 nitrogen and oxygen atoms in total. The van der Waals surface area contributed by atoms with Crippen LogP contribution in [0.2, 0.25) is 5.15 Å². The molecule has 0 fully saturated rings. The minimum Gasteiger partial charge on any atom is -0.489 e. The maximum Gasteiger partial charge on any atom is 0.171 e. The predicted molar refractivity (Wildman–Crippen MR) is 132 cm³/mol. The Morgan fingerprint density at radius 2 is 1.13 bits per heavy atom. The van der Waals surface area contributed by atoms with Gasteiger partial charge in [0.2, 0.25) is 0 Å². The summed E-state index contributed by atoms with van der Waals surface area (Å²) in [5.74, 6) is 1.69. The molecule has 0 unspecified atom stereocenters. The van der Waals surface area contributed by atoms with Gasteiger partial charge in [0.1, 0.15) is 5.75 Å². The lowest BCUT2D eigenvalue weighted by Crippen LogP contribution is -2.15. The molecule has 0 aliphatic rings. The van der Waals surface area contributed by atoms with Gasteiger partial charge in [0, 0.05) is 12.4 Å². The van der Waals surface area contributed by atoms with E-state index in [0.29, 0.717) is 17.0 Å². The van der Waals surface area contributed by atoms with Gasteiger partial charge in [0.15, 0.2) is 10.9 Å². The van der Waals surface area contributed by atoms with E-state index in [1.165, 1.54) is 5.56 Å². The van der Waals surface area contributed by atoms with E-state index >= 15 is 0 Å². The molecule has 31 heavy (non-hydrogen) atoms. The summed E-state index contributed by atoms with van der Waals surface area (Å²) < 4.78 is 11.8. The van der Waals surface area contributed by atoms with E-state index in [9.17, 15) is 0 Å². The quantitative estimate of drug-likeness (QED) is 0.331. The largest absolute Gasteiger partial charge is 0.489 e. The smallest absolute Gasteiger partial charge is 0.171 e. The van der Waals surface area contributed by atoms with Crippen LogP contribution < -0.4 is 9.47 Å². The first kappa shape index (κ1) is 27.2. The molecule has 0 saturated heterocycles. The number of ether oxygens (including phenoxy) is 2. The van der Waals surface area contributed by atoms with Crippen LogP contribution in [0.1, 0.15) is 91.0 Å². The number of pyridine rings is 2. The van der Waals surface area contributed by atoms with Gasteiger partial charge < -0.3 is 9.47 Å². The van der Waals surface area contributed by atoms with Crippen LogP contribution in [-0.2, 0) is 19.3 Å². The summed E-state index contributed by atoms with van der Waals surface area (Å²) in [7, 11) is 0. The van der Waals surface area contributed by atoms with E-state index in [-0.39, 0.29) is 6.10 Å². The van der Waals surface area contributed by atoms with Gasteiger partial charge in [-0.15, -0.1) is 0 Å². The predicted octanol–water partition coefficient (Wildman–Crippen LogP) is 7.64. The Morgan fingerprint density at radius 3 is 1.58 bits per heavy atom. The van der Waals surface area contributed by atoms with Crippen molar-refractivity contribution in [2.45, 2.75) is 106 Å². The molecular weight excluding hydrogens is 408 g/mol. The minimum atomic E-state index is 0.233. The van der Waals surface area contributed by atoms with Gasteiger partial charge in [-0.1, -0.05) is 60.1 Å². The highest BCUT2D eigenvalue weighted by molar-refractivity contribution is 6.30. The molecule has 2 aromatic rings. The first-order valence-corrected chi connectivity index (χ1v) is 12.3. The second-order valence-electron chi connectivity index (χ2n) is 7.59. The molecule has 0 atom stereocenters. The maximum absolute atomic E-state index is 6.01. The van der Waals surface area contributed by atoms with Crippen LogP contribution in [0.4, 0.5) is 0 Å². The van der Waals surface area contributed by atoms with Crippen molar-refractivity contribution in [3.8, 4) is 11.5 Å². The minimum absolute atomic E-state index is 0.233. The third-order valence-electron chi connectivity index (χ3n) is 5.41. The van der Waals surface area contributed by atoms with Crippen LogP contribution in [0.15, 0.2) is 24.5 Å². The van der Waals surface area contributed by atoms with Gasteiger partial charge in [-0.25, -0.2) is 4.98 Å². The molecule has 0 aromatic carbocycles. The van der Waals surface area contributed by atoms with E-state index in [4.69, 9.17) is 21.1 Å². The summed E-state index contributed by atoms with van der Waals surface area (Å²) in [4.78, 5) is 8.58. The van der Waals surface area contributed by atoms with Crippen LogP contribution in [0.3, 0.4) is 0 Å². The standard InChI is InChI=1S/C14H23NO.C12H18ClNO/c1-5-11-9-14(13(8-4)15-10-11)16-12(6-2)7-3;1-4-9-7-11(12(13)14-8-9)15-10(5-2)6-3/h9-10,12H,5-8H2,1-4H3;7-8,10H,4-6H2,1-3H3. The third-order valence-corrected chi connectivity index (χ3v) is 5.69. The number of nitrogens with zero attached hydrogens (tertiary/aromatic N) is 2. The fourth-order valence-corrected chi connectivity index (χ4v) is 3.24. The van der Waals surface area contributed by atoms with Crippen LogP contribution >= 0.6 is 11.6 Å². The van der Waals surface area contributed by atoms with E-state index in [0.717, 1.165) is 62.0 Å². The first-order valence-electron chi connectivity index (χ1n) is 11.9. The van der Waals surface area contributed by atoms with E-state index in [1.807, 2.05) is 12.3 Å². The van der Waals surface area contributed by atoms with Gasteiger partial charge in [-0.3, -0.25) is 4.98 Å². The summed E-state index contributed by atoms with van der Waals surface area (Å²) in [6, 6.07) is 4.12. The van der Waals surface area contributed by atoms with Crippen molar-refractivity contribution >= 4 is 11.6 Å². The molecule has 0 spiro atoms. The van der Waals surface area contributed by atoms with Crippen molar-refractivity contribution in [1.29, 1.82) is 0 Å². The number of aryl methyl sites for hydroxylation is 3. The topological polar surface area (TPSA) is 44.2 Å². The molecule has 174 valence electrons. The van der Waals surface area contributed by atoms with Crippen molar-refractivity contribution in [1.82, 2.24) is 9.97 Å². The normalized spacial score (nSPS) is 10.8. The van der Waals surface area contributed by atoms with Crippen molar-refractivity contribution < 1.29 is 9.47 Å². The van der Waals surface area contributed by atoms with Crippen LogP contribution in [0.25, 0.3) is 0 Å². The molecule has 0 aliphatic carbocycles. The number of halogens is 1. The average Bonchev–Trinajstić information content (AvgIpc) is 2.82. The molecule has 0 aliphatic heterocycles. The van der Waals surface area contributed by atoms with Gasteiger partial charge in [-0.2, -0.15) is 0 Å². The molecule has 2 rings (SSSR count). The van der Waals surface area contributed by atoms with Gasteiger partial charge in [0.25, 0.3) is 0 Å². The zero-order valence-electron chi connectivity index (χ0n) is 20.5. The fraction of sp³-hybridized carbons (Fsp3) is 0.615. The second kappa shape index (κ2) is 15.1. The molecule has 0 saturated carbocycles. The lowest BCUT2D eigenvalue weighted by molar-refractivity contribution is 0.190. The summed E-state index contributed by atoms with van der Waals surface area (Å²) in [6.45, 7) is 14.9. The molecule has 0 N–H and O–H groups in total. The Labute approximate surface area is 194 Å². The second-order valence-corrected chi connectivity index (χ2v) is 7.95. The molecule has 2 aromatic heterocycles. The molecule has 2 heterocycles. The monoisotopic (exact) mass is 448 g/mol. The van der Waals surface area contributed by atoms with E-state index in [2.05, 4.69) is 64.5 Å². The van der Waals surface area contributed by atoms with Gasteiger partial charge >= 0.3 is 0 Å². The lowest BCUT2D eigenvalue weighted by Gasteiger charge is -2.18. The SMILES string of the molecule is CCc1cnc(CC)c(OC(CC)CC)c1.CCc1cnc(Cl)c(OC(CC)CC)c1. The molecule has 0 amide bonds. The summed E-state index contributed by atoms with van der Waals surface area (Å²) >= 11 is 5.98.